The van der Waals surface area contributed by atoms with Gasteiger partial charge in [0.1, 0.15) is 12.2 Å². The number of ether oxygens (including phenoxy) is 1. The zero-order chi connectivity index (χ0) is 15.2. The monoisotopic (exact) mass is 289 g/mol. The summed E-state index contributed by atoms with van der Waals surface area (Å²) in [5.74, 6) is -0.549. The van der Waals surface area contributed by atoms with Gasteiger partial charge in [0.2, 0.25) is 5.91 Å². The van der Waals surface area contributed by atoms with Crippen LogP contribution in [-0.4, -0.2) is 50.7 Å². The van der Waals surface area contributed by atoms with Crippen LogP contribution in [0.15, 0.2) is 18.2 Å². The van der Waals surface area contributed by atoms with Crippen LogP contribution < -0.4 is 5.73 Å². The first-order chi connectivity index (χ1) is 9.90. The van der Waals surface area contributed by atoms with E-state index in [1.54, 1.807) is 17.0 Å². The lowest BCUT2D eigenvalue weighted by molar-refractivity contribution is 0.100. The van der Waals surface area contributed by atoms with Crippen LogP contribution in [0.5, 0.6) is 0 Å². The lowest BCUT2D eigenvalue weighted by atomic mass is 10.1. The minimum Gasteiger partial charge on any atom is -0.366 e. The maximum atomic E-state index is 12.6. The number of hydrogen-bond acceptors (Lipinski definition) is 5. The highest BCUT2D eigenvalue weighted by Crippen LogP contribution is 2.23. The average molecular weight is 289 g/mol. The Labute approximate surface area is 120 Å². The molecule has 1 aliphatic heterocycles. The summed E-state index contributed by atoms with van der Waals surface area (Å²) in [7, 11) is 0. The highest BCUT2D eigenvalue weighted by atomic mass is 16.5. The number of carbonyl (C=O) groups excluding carboxylic acids is 2. The summed E-state index contributed by atoms with van der Waals surface area (Å²) < 4.78 is 6.54. The van der Waals surface area contributed by atoms with Gasteiger partial charge in [-0.1, -0.05) is 5.21 Å². The highest BCUT2D eigenvalue weighted by molar-refractivity contribution is 5.97. The van der Waals surface area contributed by atoms with Gasteiger partial charge < -0.3 is 10.5 Å². The first-order valence-electron chi connectivity index (χ1n) is 6.45. The van der Waals surface area contributed by atoms with E-state index in [0.29, 0.717) is 23.2 Å². The number of rotatable bonds is 1. The number of carbonyl (C=O) groups is 2. The molecule has 21 heavy (non-hydrogen) atoms. The van der Waals surface area contributed by atoms with E-state index in [4.69, 9.17) is 10.5 Å². The van der Waals surface area contributed by atoms with Gasteiger partial charge in [0, 0.05) is 5.56 Å². The van der Waals surface area contributed by atoms with E-state index in [2.05, 4.69) is 10.3 Å². The third-order valence-electron chi connectivity index (χ3n) is 3.55. The average Bonchev–Trinajstić information content (AvgIpc) is 3.00. The van der Waals surface area contributed by atoms with E-state index in [0.717, 1.165) is 0 Å². The van der Waals surface area contributed by atoms with Crippen LogP contribution in [0.2, 0.25) is 0 Å². The number of benzene rings is 1. The quantitative estimate of drug-likeness (QED) is 0.826. The van der Waals surface area contributed by atoms with Gasteiger partial charge in [0.05, 0.1) is 17.7 Å². The second-order valence-corrected chi connectivity index (χ2v) is 5.57. The molecule has 8 nitrogen and oxygen atoms in total. The lowest BCUT2D eigenvalue weighted by Gasteiger charge is -2.28. The molecule has 0 bridgehead atoms. The molecule has 0 aliphatic carbocycles. The standard InChI is InChI=1S/C13H15N5O3/c1-13(2)6-21-7-17(13)12(20)18-10-4-3-8(11(14)19)5-9(10)15-16-18/h3-5H,6-7H2,1-2H3,(H2,14,19). The van der Waals surface area contributed by atoms with Gasteiger partial charge in [-0.2, -0.15) is 4.68 Å². The Balaban J connectivity index is 2.01. The van der Waals surface area contributed by atoms with Crippen LogP contribution in [0.4, 0.5) is 4.79 Å². The molecule has 0 atom stereocenters. The maximum absolute atomic E-state index is 12.6. The largest absolute Gasteiger partial charge is 0.366 e. The Morgan fingerprint density at radius 3 is 2.76 bits per heavy atom. The third-order valence-corrected chi connectivity index (χ3v) is 3.55. The van der Waals surface area contributed by atoms with Gasteiger partial charge in [0.25, 0.3) is 0 Å². The van der Waals surface area contributed by atoms with Crippen LogP contribution in [0.1, 0.15) is 24.2 Å². The molecule has 1 aliphatic rings. The fourth-order valence-corrected chi connectivity index (χ4v) is 2.29. The van der Waals surface area contributed by atoms with E-state index in [-0.39, 0.29) is 12.8 Å². The summed E-state index contributed by atoms with van der Waals surface area (Å²) in [5, 5.41) is 7.79. The topological polar surface area (TPSA) is 103 Å². The van der Waals surface area contributed by atoms with Crippen LogP contribution >= 0.6 is 0 Å². The smallest absolute Gasteiger partial charge is 0.349 e. The molecule has 2 heterocycles. The van der Waals surface area contributed by atoms with E-state index in [1.165, 1.54) is 10.7 Å². The minimum absolute atomic E-state index is 0.215. The molecule has 2 N–H and O–H groups in total. The zero-order valence-electron chi connectivity index (χ0n) is 11.7. The predicted molar refractivity (Wildman–Crippen MR) is 73.6 cm³/mol. The van der Waals surface area contributed by atoms with Crippen molar-refractivity contribution in [3.05, 3.63) is 23.8 Å². The van der Waals surface area contributed by atoms with Crippen molar-refractivity contribution < 1.29 is 14.3 Å². The predicted octanol–water partition coefficient (Wildman–Crippen LogP) is 0.567. The van der Waals surface area contributed by atoms with Gasteiger partial charge >= 0.3 is 6.03 Å². The van der Waals surface area contributed by atoms with Gasteiger partial charge in [-0.3, -0.25) is 9.69 Å². The van der Waals surface area contributed by atoms with Crippen molar-refractivity contribution in [2.45, 2.75) is 19.4 Å². The Bertz CT molecular complexity index is 736. The van der Waals surface area contributed by atoms with Gasteiger partial charge in [0.15, 0.2) is 0 Å². The van der Waals surface area contributed by atoms with Gasteiger partial charge in [-0.05, 0) is 32.0 Å². The number of primary amides is 1. The van der Waals surface area contributed by atoms with Crippen LogP contribution in [0, 0.1) is 0 Å². The number of fused-ring (bicyclic) bond motifs is 1. The molecule has 2 amide bonds. The molecule has 8 heteroatoms. The molecule has 1 aromatic heterocycles. The lowest BCUT2D eigenvalue weighted by Crippen LogP contribution is -2.46. The van der Waals surface area contributed by atoms with Crippen molar-refractivity contribution in [2.24, 2.45) is 5.73 Å². The van der Waals surface area contributed by atoms with Crippen molar-refractivity contribution in [1.82, 2.24) is 19.9 Å². The molecule has 2 aromatic rings. The Hall–Kier alpha value is -2.48. The minimum atomic E-state index is -0.549. The molecule has 1 saturated heterocycles. The SMILES string of the molecule is CC1(C)COCN1C(=O)n1nnc2cc(C(N)=O)ccc21. The van der Waals surface area contributed by atoms with Crippen molar-refractivity contribution >= 4 is 23.0 Å². The molecule has 3 rings (SSSR count). The van der Waals surface area contributed by atoms with Crippen LogP contribution in [0.3, 0.4) is 0 Å². The highest BCUT2D eigenvalue weighted by Gasteiger charge is 2.38. The first-order valence-corrected chi connectivity index (χ1v) is 6.45. The number of amides is 2. The van der Waals surface area contributed by atoms with E-state index in [1.807, 2.05) is 13.8 Å². The summed E-state index contributed by atoms with van der Waals surface area (Å²) in [6.07, 6.45) is 0. The fourth-order valence-electron chi connectivity index (χ4n) is 2.29. The van der Waals surface area contributed by atoms with Crippen molar-refractivity contribution in [3.8, 4) is 0 Å². The molecule has 0 radical (unpaired) electrons. The maximum Gasteiger partial charge on any atom is 0.349 e. The van der Waals surface area contributed by atoms with E-state index in [9.17, 15) is 9.59 Å². The third kappa shape index (κ3) is 2.13. The summed E-state index contributed by atoms with van der Waals surface area (Å²) >= 11 is 0. The molecule has 0 saturated carbocycles. The Morgan fingerprint density at radius 1 is 1.38 bits per heavy atom. The van der Waals surface area contributed by atoms with Crippen molar-refractivity contribution in [1.29, 1.82) is 0 Å². The van der Waals surface area contributed by atoms with Crippen LogP contribution in [0.25, 0.3) is 11.0 Å². The fraction of sp³-hybridized carbons (Fsp3) is 0.385. The molecule has 1 fully saturated rings. The number of hydrogen-bond donors (Lipinski definition) is 1. The second kappa shape index (κ2) is 4.52. The molecule has 110 valence electrons. The normalized spacial score (nSPS) is 17.3. The number of nitrogens with zero attached hydrogens (tertiary/aromatic N) is 4. The summed E-state index contributed by atoms with van der Waals surface area (Å²) in [5.41, 5.74) is 6.11. The summed E-state index contributed by atoms with van der Waals surface area (Å²) in [6.45, 7) is 4.52. The molecule has 0 unspecified atom stereocenters. The molecule has 0 spiro atoms. The summed E-state index contributed by atoms with van der Waals surface area (Å²) in [6, 6.07) is 4.35. The van der Waals surface area contributed by atoms with Gasteiger partial charge in [-0.25, -0.2) is 4.79 Å². The second-order valence-electron chi connectivity index (χ2n) is 5.57. The van der Waals surface area contributed by atoms with E-state index >= 15 is 0 Å². The molecule has 1 aromatic carbocycles. The van der Waals surface area contributed by atoms with Crippen molar-refractivity contribution in [3.63, 3.8) is 0 Å². The Kier molecular flexibility index (Phi) is 2.91. The summed E-state index contributed by atoms with van der Waals surface area (Å²) in [4.78, 5) is 25.3. The Morgan fingerprint density at radius 2 is 2.14 bits per heavy atom. The molecular formula is C13H15N5O3. The number of aromatic nitrogens is 3. The van der Waals surface area contributed by atoms with Crippen LogP contribution in [-0.2, 0) is 4.74 Å². The van der Waals surface area contributed by atoms with Gasteiger partial charge in [-0.15, -0.1) is 5.10 Å². The van der Waals surface area contributed by atoms with E-state index < -0.39 is 11.4 Å². The first kappa shape index (κ1) is 13.5. The molecular weight excluding hydrogens is 274 g/mol. The number of nitrogens with two attached hydrogens (primary N) is 1. The van der Waals surface area contributed by atoms with Crippen molar-refractivity contribution in [2.75, 3.05) is 13.3 Å². The zero-order valence-corrected chi connectivity index (χ0v) is 11.7.